The summed E-state index contributed by atoms with van der Waals surface area (Å²) in [6.45, 7) is 0. The highest BCUT2D eigenvalue weighted by molar-refractivity contribution is 5.10. The molecule has 0 aromatic heterocycles. The fraction of sp³-hybridized carbons (Fsp3) is 0.308. The summed E-state index contributed by atoms with van der Waals surface area (Å²) in [7, 11) is 0. The van der Waals surface area contributed by atoms with Crippen molar-refractivity contribution in [3.8, 4) is 0 Å². The summed E-state index contributed by atoms with van der Waals surface area (Å²) in [5.41, 5.74) is 0. The van der Waals surface area contributed by atoms with Gasteiger partial charge in [0.05, 0.1) is 0 Å². The molecular formula is C13H17. The van der Waals surface area contributed by atoms with E-state index in [1.165, 1.54) is 0 Å². The van der Waals surface area contributed by atoms with Gasteiger partial charge in [0.1, 0.15) is 0 Å². The van der Waals surface area contributed by atoms with Gasteiger partial charge >= 0.3 is 0 Å². The van der Waals surface area contributed by atoms with Gasteiger partial charge in [0, 0.05) is 6.42 Å². The van der Waals surface area contributed by atoms with E-state index in [2.05, 4.69) is 55.0 Å². The summed E-state index contributed by atoms with van der Waals surface area (Å²) in [6.07, 6.45) is 24.0. The molecule has 1 radical (unpaired) electrons. The average Bonchev–Trinajstić information content (AvgIpc) is 2.18. The predicted molar refractivity (Wildman–Crippen MR) is 59.3 cm³/mol. The highest BCUT2D eigenvalue weighted by Crippen LogP contribution is 1.99. The molecule has 0 aliphatic heterocycles. The molecule has 1 aliphatic rings. The van der Waals surface area contributed by atoms with Crippen molar-refractivity contribution in [3.05, 3.63) is 55.0 Å². The van der Waals surface area contributed by atoms with Crippen LogP contribution in [0.3, 0.4) is 0 Å². The van der Waals surface area contributed by atoms with Gasteiger partial charge in [-0.1, -0.05) is 48.6 Å². The number of allylic oxidation sites excluding steroid dienone is 8. The second-order valence-electron chi connectivity index (χ2n) is 3.04. The Morgan fingerprint density at radius 3 is 2.08 bits per heavy atom. The number of hydrogen-bond donors (Lipinski definition) is 0. The quantitative estimate of drug-likeness (QED) is 0.486. The van der Waals surface area contributed by atoms with Crippen molar-refractivity contribution in [2.24, 2.45) is 0 Å². The van der Waals surface area contributed by atoms with E-state index in [4.69, 9.17) is 0 Å². The first kappa shape index (κ1) is 10.0. The Bertz CT molecular complexity index is 192. The van der Waals surface area contributed by atoms with Crippen LogP contribution in [-0.2, 0) is 0 Å². The van der Waals surface area contributed by atoms with E-state index in [0.717, 1.165) is 25.7 Å². The van der Waals surface area contributed by atoms with E-state index in [1.54, 1.807) is 0 Å². The van der Waals surface area contributed by atoms with Gasteiger partial charge in [0.15, 0.2) is 0 Å². The van der Waals surface area contributed by atoms with E-state index < -0.39 is 0 Å². The van der Waals surface area contributed by atoms with Crippen LogP contribution < -0.4 is 0 Å². The third-order valence-corrected chi connectivity index (χ3v) is 1.87. The zero-order valence-corrected chi connectivity index (χ0v) is 8.02. The Morgan fingerprint density at radius 2 is 1.15 bits per heavy atom. The smallest absolute Gasteiger partial charge is 0.00442 e. The maximum Gasteiger partial charge on any atom is 0.00442 e. The standard InChI is InChI=1S/C13H17/c1-2-4-6-8-10-12-13-11-9-7-5-3-1/h1-5,8,10-11,13H,6-7,9,12H2/b4-2+,5-3+,10-8+,13-11-. The van der Waals surface area contributed by atoms with Crippen LogP contribution >= 0.6 is 0 Å². The second-order valence-corrected chi connectivity index (χ2v) is 3.04. The summed E-state index contributed by atoms with van der Waals surface area (Å²) in [6, 6.07) is 0. The maximum absolute atomic E-state index is 2.25. The topological polar surface area (TPSA) is 0 Å². The monoisotopic (exact) mass is 173 g/mol. The Morgan fingerprint density at radius 1 is 0.538 bits per heavy atom. The molecule has 1 aliphatic carbocycles. The molecule has 0 N–H and O–H groups in total. The van der Waals surface area contributed by atoms with Crippen LogP contribution in [-0.4, -0.2) is 0 Å². The molecule has 0 saturated carbocycles. The largest absolute Gasteiger partial charge is 0.0879 e. The molecular weight excluding hydrogens is 156 g/mol. The van der Waals surface area contributed by atoms with Crippen LogP contribution in [0.2, 0.25) is 0 Å². The number of hydrogen-bond acceptors (Lipinski definition) is 0. The van der Waals surface area contributed by atoms with Gasteiger partial charge in [-0.2, -0.15) is 0 Å². The predicted octanol–water partition coefficient (Wildman–Crippen LogP) is 3.99. The lowest BCUT2D eigenvalue weighted by Crippen LogP contribution is -1.65. The molecule has 0 saturated heterocycles. The van der Waals surface area contributed by atoms with E-state index in [9.17, 15) is 0 Å². The molecule has 13 heavy (non-hydrogen) atoms. The van der Waals surface area contributed by atoms with Gasteiger partial charge in [-0.25, -0.2) is 0 Å². The number of rotatable bonds is 0. The first-order valence-corrected chi connectivity index (χ1v) is 4.95. The van der Waals surface area contributed by atoms with E-state index in [0.29, 0.717) is 0 Å². The molecule has 0 aromatic carbocycles. The maximum atomic E-state index is 2.25. The lowest BCUT2D eigenvalue weighted by atomic mass is 10.2. The van der Waals surface area contributed by atoms with Crippen LogP contribution in [0.5, 0.6) is 0 Å². The SMILES string of the molecule is [CH]1/C=C/C/C=C/C/C=C\CC/C=C/1. The van der Waals surface area contributed by atoms with Gasteiger partial charge in [-0.3, -0.25) is 0 Å². The van der Waals surface area contributed by atoms with E-state index in [-0.39, 0.29) is 0 Å². The molecule has 0 spiro atoms. The molecule has 0 aromatic rings. The molecule has 0 heterocycles. The molecule has 0 amide bonds. The zero-order chi connectivity index (χ0) is 9.19. The van der Waals surface area contributed by atoms with Crippen molar-refractivity contribution in [1.82, 2.24) is 0 Å². The van der Waals surface area contributed by atoms with Crippen LogP contribution in [0.4, 0.5) is 0 Å². The summed E-state index contributed by atoms with van der Waals surface area (Å²) >= 11 is 0. The van der Waals surface area contributed by atoms with Gasteiger partial charge in [-0.05, 0) is 25.7 Å². The highest BCUT2D eigenvalue weighted by Gasteiger charge is 1.79. The third-order valence-electron chi connectivity index (χ3n) is 1.87. The lowest BCUT2D eigenvalue weighted by Gasteiger charge is -1.85. The van der Waals surface area contributed by atoms with Crippen LogP contribution in [0.1, 0.15) is 25.7 Å². The molecule has 0 bridgehead atoms. The zero-order valence-electron chi connectivity index (χ0n) is 8.02. The summed E-state index contributed by atoms with van der Waals surface area (Å²) in [4.78, 5) is 0. The summed E-state index contributed by atoms with van der Waals surface area (Å²) < 4.78 is 0. The van der Waals surface area contributed by atoms with Gasteiger partial charge in [0.2, 0.25) is 0 Å². The average molecular weight is 173 g/mol. The van der Waals surface area contributed by atoms with Gasteiger partial charge in [-0.15, -0.1) is 0 Å². The second kappa shape index (κ2) is 7.60. The Hall–Kier alpha value is -1.04. The van der Waals surface area contributed by atoms with Crippen molar-refractivity contribution in [1.29, 1.82) is 0 Å². The molecule has 69 valence electrons. The highest BCUT2D eigenvalue weighted by atomic mass is 13.9. The van der Waals surface area contributed by atoms with Crippen LogP contribution in [0, 0.1) is 6.42 Å². The van der Waals surface area contributed by atoms with Crippen LogP contribution in [0.25, 0.3) is 0 Å². The fourth-order valence-corrected chi connectivity index (χ4v) is 1.15. The van der Waals surface area contributed by atoms with Crippen molar-refractivity contribution in [2.45, 2.75) is 25.7 Å². The normalized spacial score (nSPS) is 28.9. The van der Waals surface area contributed by atoms with E-state index in [1.807, 2.05) is 0 Å². The van der Waals surface area contributed by atoms with Crippen LogP contribution in [0.15, 0.2) is 48.6 Å². The summed E-state index contributed by atoms with van der Waals surface area (Å²) in [5, 5.41) is 0. The van der Waals surface area contributed by atoms with Gasteiger partial charge < -0.3 is 0 Å². The molecule has 0 fully saturated rings. The lowest BCUT2D eigenvalue weighted by molar-refractivity contribution is 1.04. The molecule has 1 rings (SSSR count). The summed E-state index contributed by atoms with van der Waals surface area (Å²) in [5.74, 6) is 0. The van der Waals surface area contributed by atoms with Crippen molar-refractivity contribution >= 4 is 0 Å². The first-order chi connectivity index (χ1) is 6.50. The molecule has 0 unspecified atom stereocenters. The van der Waals surface area contributed by atoms with E-state index >= 15 is 0 Å². The minimum atomic E-state index is 1.04. The Kier molecular flexibility index (Phi) is 5.87. The molecule has 0 atom stereocenters. The Balaban J connectivity index is 2.38. The first-order valence-electron chi connectivity index (χ1n) is 4.95. The Labute approximate surface area is 81.4 Å². The fourth-order valence-electron chi connectivity index (χ4n) is 1.15. The van der Waals surface area contributed by atoms with Crippen molar-refractivity contribution < 1.29 is 0 Å². The minimum Gasteiger partial charge on any atom is -0.0879 e. The molecule has 0 heteroatoms. The third kappa shape index (κ3) is 6.15. The van der Waals surface area contributed by atoms with Gasteiger partial charge in [0.25, 0.3) is 0 Å². The molecule has 0 nitrogen and oxygen atoms in total. The minimum absolute atomic E-state index is 1.04. The van der Waals surface area contributed by atoms with Crippen molar-refractivity contribution in [2.75, 3.05) is 0 Å². The van der Waals surface area contributed by atoms with Crippen molar-refractivity contribution in [3.63, 3.8) is 0 Å².